The minimum Gasteiger partial charge on any atom is -0.480 e. The van der Waals surface area contributed by atoms with Crippen LogP contribution >= 0.6 is 0 Å². The van der Waals surface area contributed by atoms with Crippen LogP contribution in [0.2, 0.25) is 0 Å². The molecule has 0 saturated carbocycles. The average molecular weight is 460 g/mol. The molecule has 0 aromatic rings. The number of aliphatic carboxylic acids is 1. The molecule has 14 heteroatoms. The number of aliphatic hydroxyl groups is 1. The smallest absolute Gasteiger partial charge is 0.328 e. The third-order valence-corrected chi connectivity index (χ3v) is 4.36. The molecule has 0 rings (SSSR count). The van der Waals surface area contributed by atoms with Gasteiger partial charge in [0.2, 0.25) is 29.5 Å². The maximum Gasteiger partial charge on any atom is 0.328 e. The van der Waals surface area contributed by atoms with E-state index in [2.05, 4.69) is 16.0 Å². The number of carboxylic acid groups (broad SMARTS) is 1. The molecule has 5 atom stereocenters. The summed E-state index contributed by atoms with van der Waals surface area (Å²) in [5, 5.41) is 25.4. The Morgan fingerprint density at radius 2 is 1.34 bits per heavy atom. The highest BCUT2D eigenvalue weighted by atomic mass is 16.4. The Balaban J connectivity index is 5.50. The summed E-state index contributed by atoms with van der Waals surface area (Å²) in [7, 11) is 0. The van der Waals surface area contributed by atoms with Crippen molar-refractivity contribution in [3.8, 4) is 0 Å². The van der Waals surface area contributed by atoms with Gasteiger partial charge in [-0.3, -0.25) is 24.0 Å². The maximum atomic E-state index is 12.8. The van der Waals surface area contributed by atoms with Crippen LogP contribution in [-0.2, 0) is 28.8 Å². The third kappa shape index (κ3) is 10.2. The minimum atomic E-state index is -1.66. The Kier molecular flexibility index (Phi) is 11.9. The second kappa shape index (κ2) is 13.2. The number of hydrogen-bond donors (Lipinski definition) is 8. The molecule has 0 spiro atoms. The van der Waals surface area contributed by atoms with Crippen LogP contribution in [0.3, 0.4) is 0 Å². The number of rotatable bonds is 14. The SMILES string of the molecule is CC(C)C(NC(=O)C(N)CC(N)=O)C(=O)NC(CCC(N)=O)C(=O)NC(C(=O)O)C(C)O. The molecule has 0 aromatic heterocycles. The number of aliphatic hydroxyl groups excluding tert-OH is 1. The van der Waals surface area contributed by atoms with Crippen molar-refractivity contribution in [2.75, 3.05) is 0 Å². The van der Waals surface area contributed by atoms with Crippen LogP contribution in [0.15, 0.2) is 0 Å². The largest absolute Gasteiger partial charge is 0.480 e. The summed E-state index contributed by atoms with van der Waals surface area (Å²) in [6, 6.07) is -5.54. The summed E-state index contributed by atoms with van der Waals surface area (Å²) in [5.41, 5.74) is 15.7. The minimum absolute atomic E-state index is 0.265. The fourth-order valence-corrected chi connectivity index (χ4v) is 2.56. The first-order valence-electron chi connectivity index (χ1n) is 9.81. The van der Waals surface area contributed by atoms with E-state index in [9.17, 15) is 33.9 Å². The van der Waals surface area contributed by atoms with Gasteiger partial charge in [0, 0.05) is 6.42 Å². The molecule has 5 unspecified atom stereocenters. The second-order valence-electron chi connectivity index (χ2n) is 7.64. The first-order chi connectivity index (χ1) is 14.7. The molecule has 0 aliphatic heterocycles. The van der Waals surface area contributed by atoms with Crippen molar-refractivity contribution in [2.45, 2.75) is 70.3 Å². The van der Waals surface area contributed by atoms with Gasteiger partial charge in [0.05, 0.1) is 18.6 Å². The molecule has 11 N–H and O–H groups in total. The number of primary amides is 2. The molecule has 14 nitrogen and oxygen atoms in total. The Morgan fingerprint density at radius 3 is 1.75 bits per heavy atom. The van der Waals surface area contributed by atoms with Gasteiger partial charge in [-0.25, -0.2) is 4.79 Å². The molecule has 0 aromatic carbocycles. The Hall–Kier alpha value is -3.26. The summed E-state index contributed by atoms with van der Waals surface area (Å²) >= 11 is 0. The van der Waals surface area contributed by atoms with E-state index in [0.717, 1.165) is 6.92 Å². The quantitative estimate of drug-likeness (QED) is 0.125. The topological polar surface area (TPSA) is 257 Å². The van der Waals surface area contributed by atoms with Crippen LogP contribution in [-0.4, -0.2) is 76.0 Å². The molecular formula is C18H32N6O8. The van der Waals surface area contributed by atoms with Gasteiger partial charge in [-0.1, -0.05) is 13.8 Å². The molecule has 0 aliphatic carbocycles. The lowest BCUT2D eigenvalue weighted by atomic mass is 10.0. The molecule has 0 aliphatic rings. The van der Waals surface area contributed by atoms with Crippen LogP contribution < -0.4 is 33.2 Å². The Labute approximate surface area is 184 Å². The van der Waals surface area contributed by atoms with E-state index in [-0.39, 0.29) is 12.8 Å². The van der Waals surface area contributed by atoms with E-state index in [4.69, 9.17) is 22.3 Å². The number of carboxylic acids is 1. The normalized spacial score (nSPS) is 15.6. The lowest BCUT2D eigenvalue weighted by Crippen LogP contribution is -2.59. The van der Waals surface area contributed by atoms with Gasteiger partial charge >= 0.3 is 5.97 Å². The highest BCUT2D eigenvalue weighted by Crippen LogP contribution is 2.06. The molecule has 182 valence electrons. The van der Waals surface area contributed by atoms with Crippen molar-refractivity contribution >= 4 is 35.5 Å². The van der Waals surface area contributed by atoms with E-state index in [0.29, 0.717) is 0 Å². The van der Waals surface area contributed by atoms with E-state index in [1.807, 2.05) is 0 Å². The van der Waals surface area contributed by atoms with Crippen LogP contribution in [0.5, 0.6) is 0 Å². The molecule has 32 heavy (non-hydrogen) atoms. The number of carbonyl (C=O) groups excluding carboxylic acids is 5. The second-order valence-corrected chi connectivity index (χ2v) is 7.64. The van der Waals surface area contributed by atoms with E-state index >= 15 is 0 Å². The third-order valence-electron chi connectivity index (χ3n) is 4.36. The summed E-state index contributed by atoms with van der Waals surface area (Å²) in [6.07, 6.45) is -2.47. The first-order valence-corrected chi connectivity index (χ1v) is 9.81. The van der Waals surface area contributed by atoms with Gasteiger partial charge < -0.3 is 43.4 Å². The van der Waals surface area contributed by atoms with Crippen LogP contribution in [0.1, 0.15) is 40.0 Å². The predicted octanol–water partition coefficient (Wildman–Crippen LogP) is -3.97. The standard InChI is InChI=1S/C18H32N6O8/c1-7(2)13(23-15(28)9(19)6-12(21)27)17(30)22-10(4-5-11(20)26)16(29)24-14(8(3)25)18(31)32/h7-10,13-14,25H,4-6,19H2,1-3H3,(H2,20,26)(H2,21,27)(H,22,30)(H,23,28)(H,24,29)(H,31,32). The number of amides is 5. The number of carbonyl (C=O) groups is 6. The fraction of sp³-hybridized carbons (Fsp3) is 0.667. The van der Waals surface area contributed by atoms with E-state index < -0.39 is 78.1 Å². The maximum absolute atomic E-state index is 12.8. The molecule has 0 radical (unpaired) electrons. The molecule has 5 amide bonds. The first kappa shape index (κ1) is 28.7. The zero-order valence-corrected chi connectivity index (χ0v) is 18.2. The van der Waals surface area contributed by atoms with Crippen molar-refractivity contribution in [2.24, 2.45) is 23.1 Å². The number of nitrogens with two attached hydrogens (primary N) is 3. The summed E-state index contributed by atoms with van der Waals surface area (Å²) in [4.78, 5) is 70.8. The van der Waals surface area contributed by atoms with E-state index in [1.165, 1.54) is 0 Å². The fourth-order valence-electron chi connectivity index (χ4n) is 2.56. The van der Waals surface area contributed by atoms with Crippen LogP contribution in [0.4, 0.5) is 0 Å². The van der Waals surface area contributed by atoms with Gasteiger partial charge in [-0.05, 0) is 19.3 Å². The summed E-state index contributed by atoms with van der Waals surface area (Å²) in [5.74, 6) is -6.20. The number of nitrogens with one attached hydrogen (secondary N) is 3. The van der Waals surface area contributed by atoms with Crippen molar-refractivity contribution in [1.82, 2.24) is 16.0 Å². The van der Waals surface area contributed by atoms with Crippen molar-refractivity contribution in [1.29, 1.82) is 0 Å². The Bertz CT molecular complexity index is 726. The molecule has 0 heterocycles. The van der Waals surface area contributed by atoms with Crippen molar-refractivity contribution in [3.05, 3.63) is 0 Å². The molecule has 0 fully saturated rings. The lowest BCUT2D eigenvalue weighted by molar-refractivity contribution is -0.145. The van der Waals surface area contributed by atoms with Gasteiger partial charge in [0.1, 0.15) is 12.1 Å². The summed E-state index contributed by atoms with van der Waals surface area (Å²) < 4.78 is 0. The molecule has 0 bridgehead atoms. The highest BCUT2D eigenvalue weighted by Gasteiger charge is 2.33. The van der Waals surface area contributed by atoms with Gasteiger partial charge in [0.15, 0.2) is 6.04 Å². The number of hydrogen-bond acceptors (Lipinski definition) is 8. The Morgan fingerprint density at radius 1 is 0.812 bits per heavy atom. The average Bonchev–Trinajstić information content (AvgIpc) is 2.65. The van der Waals surface area contributed by atoms with Gasteiger partial charge in [0.25, 0.3) is 0 Å². The van der Waals surface area contributed by atoms with E-state index in [1.54, 1.807) is 13.8 Å². The highest BCUT2D eigenvalue weighted by molar-refractivity contribution is 5.95. The van der Waals surface area contributed by atoms with Crippen molar-refractivity contribution in [3.63, 3.8) is 0 Å². The predicted molar refractivity (Wildman–Crippen MR) is 110 cm³/mol. The van der Waals surface area contributed by atoms with Gasteiger partial charge in [-0.15, -0.1) is 0 Å². The summed E-state index contributed by atoms with van der Waals surface area (Å²) in [6.45, 7) is 4.34. The zero-order chi connectivity index (χ0) is 25.2. The molecule has 0 saturated heterocycles. The zero-order valence-electron chi connectivity index (χ0n) is 18.2. The molecular weight excluding hydrogens is 428 g/mol. The monoisotopic (exact) mass is 460 g/mol. The van der Waals surface area contributed by atoms with Crippen LogP contribution in [0, 0.1) is 5.92 Å². The lowest BCUT2D eigenvalue weighted by Gasteiger charge is -2.27. The van der Waals surface area contributed by atoms with Gasteiger partial charge in [-0.2, -0.15) is 0 Å². The van der Waals surface area contributed by atoms with Crippen molar-refractivity contribution < 1.29 is 39.0 Å². The van der Waals surface area contributed by atoms with Crippen LogP contribution in [0.25, 0.3) is 0 Å².